The Balaban J connectivity index is 1.66. The fraction of sp³-hybridized carbons (Fsp3) is 0.714. The van der Waals surface area contributed by atoms with E-state index < -0.39 is 0 Å². The van der Waals surface area contributed by atoms with E-state index in [1.54, 1.807) is 11.3 Å². The molecule has 3 atom stereocenters. The summed E-state index contributed by atoms with van der Waals surface area (Å²) in [5.74, 6) is -0.0526. The van der Waals surface area contributed by atoms with Crippen molar-refractivity contribution in [3.8, 4) is 0 Å². The van der Waals surface area contributed by atoms with Gasteiger partial charge in [0, 0.05) is 37.5 Å². The van der Waals surface area contributed by atoms with Gasteiger partial charge in [0.25, 0.3) is 0 Å². The second-order valence-corrected chi connectivity index (χ2v) is 6.64. The van der Waals surface area contributed by atoms with Crippen LogP contribution in [0.1, 0.15) is 26.0 Å². The molecule has 1 aromatic heterocycles. The molecule has 0 amide bonds. The summed E-state index contributed by atoms with van der Waals surface area (Å²) in [4.78, 5) is 21.0. The molecule has 2 fully saturated rings. The standard InChI is InChI=1S/C14H21N3O2S/c1-9-8-20-14(15-9)17-5-4-16(7-10(17)2)12-6-11(3)19-13(12)18/h8,10-12H,4-7H2,1-3H3. The number of rotatable bonds is 2. The van der Waals surface area contributed by atoms with Gasteiger partial charge in [-0.3, -0.25) is 9.69 Å². The first-order chi connectivity index (χ1) is 9.54. The molecule has 6 heteroatoms. The summed E-state index contributed by atoms with van der Waals surface area (Å²) >= 11 is 1.70. The van der Waals surface area contributed by atoms with E-state index in [0.29, 0.717) is 6.04 Å². The molecule has 0 radical (unpaired) electrons. The van der Waals surface area contributed by atoms with Gasteiger partial charge < -0.3 is 9.64 Å². The number of cyclic esters (lactones) is 1. The molecule has 0 spiro atoms. The van der Waals surface area contributed by atoms with Gasteiger partial charge in [-0.15, -0.1) is 11.3 Å². The summed E-state index contributed by atoms with van der Waals surface area (Å²) < 4.78 is 5.27. The molecule has 0 N–H and O–H groups in total. The minimum Gasteiger partial charge on any atom is -0.461 e. The summed E-state index contributed by atoms with van der Waals surface area (Å²) in [6, 6.07) is 0.325. The van der Waals surface area contributed by atoms with Crippen molar-refractivity contribution >= 4 is 22.4 Å². The number of hydrogen-bond donors (Lipinski definition) is 0. The highest BCUT2D eigenvalue weighted by Gasteiger charge is 2.39. The molecule has 2 saturated heterocycles. The van der Waals surface area contributed by atoms with E-state index in [1.807, 2.05) is 13.8 Å². The zero-order valence-corrected chi connectivity index (χ0v) is 13.0. The van der Waals surface area contributed by atoms with Crippen LogP contribution in [0.4, 0.5) is 5.13 Å². The predicted molar refractivity (Wildman–Crippen MR) is 79.2 cm³/mol. The number of anilines is 1. The predicted octanol–water partition coefficient (Wildman–Crippen LogP) is 1.67. The minimum absolute atomic E-state index is 0.0485. The second kappa shape index (κ2) is 5.33. The molecule has 0 bridgehead atoms. The number of aryl methyl sites for hydroxylation is 1. The largest absolute Gasteiger partial charge is 0.461 e. The molecule has 5 nitrogen and oxygen atoms in total. The summed E-state index contributed by atoms with van der Waals surface area (Å²) in [7, 11) is 0. The zero-order chi connectivity index (χ0) is 14.3. The van der Waals surface area contributed by atoms with Crippen molar-refractivity contribution in [2.24, 2.45) is 0 Å². The van der Waals surface area contributed by atoms with E-state index in [-0.39, 0.29) is 18.1 Å². The van der Waals surface area contributed by atoms with Crippen LogP contribution >= 0.6 is 11.3 Å². The highest BCUT2D eigenvalue weighted by atomic mass is 32.1. The highest BCUT2D eigenvalue weighted by molar-refractivity contribution is 7.13. The van der Waals surface area contributed by atoms with Crippen molar-refractivity contribution < 1.29 is 9.53 Å². The number of nitrogens with zero attached hydrogens (tertiary/aromatic N) is 3. The molecule has 0 aromatic carbocycles. The Labute approximate surface area is 123 Å². The van der Waals surface area contributed by atoms with Gasteiger partial charge in [0.1, 0.15) is 12.1 Å². The molecule has 0 aliphatic carbocycles. The summed E-state index contributed by atoms with van der Waals surface area (Å²) in [5, 5.41) is 3.18. The molecule has 110 valence electrons. The van der Waals surface area contributed by atoms with Crippen LogP contribution in [0.2, 0.25) is 0 Å². The van der Waals surface area contributed by atoms with Crippen LogP contribution in [0.15, 0.2) is 5.38 Å². The van der Waals surface area contributed by atoms with E-state index in [2.05, 4.69) is 27.1 Å². The van der Waals surface area contributed by atoms with Crippen LogP contribution in [-0.2, 0) is 9.53 Å². The monoisotopic (exact) mass is 295 g/mol. The first kappa shape index (κ1) is 13.8. The Bertz CT molecular complexity index is 504. The molecule has 3 rings (SSSR count). The number of carbonyl (C=O) groups is 1. The Morgan fingerprint density at radius 1 is 1.40 bits per heavy atom. The van der Waals surface area contributed by atoms with Crippen LogP contribution in [0, 0.1) is 6.92 Å². The third-order valence-electron chi connectivity index (χ3n) is 4.10. The van der Waals surface area contributed by atoms with Gasteiger partial charge in [-0.25, -0.2) is 4.98 Å². The zero-order valence-electron chi connectivity index (χ0n) is 12.2. The van der Waals surface area contributed by atoms with E-state index in [9.17, 15) is 4.79 Å². The second-order valence-electron chi connectivity index (χ2n) is 5.81. The molecule has 2 aliphatic heterocycles. The number of carbonyl (C=O) groups excluding carboxylic acids is 1. The third-order valence-corrected chi connectivity index (χ3v) is 5.09. The third kappa shape index (κ3) is 2.54. The molecule has 2 aliphatic rings. The van der Waals surface area contributed by atoms with Crippen LogP contribution in [0.25, 0.3) is 0 Å². The van der Waals surface area contributed by atoms with Crippen molar-refractivity contribution in [3.05, 3.63) is 11.1 Å². The maximum atomic E-state index is 11.9. The number of thiazole rings is 1. The molecular formula is C14H21N3O2S. The van der Waals surface area contributed by atoms with Crippen molar-refractivity contribution in [2.75, 3.05) is 24.5 Å². The van der Waals surface area contributed by atoms with E-state index >= 15 is 0 Å². The SMILES string of the molecule is Cc1csc(N2CCN(C3CC(C)OC3=O)CC2C)n1. The fourth-order valence-corrected chi connectivity index (χ4v) is 3.99. The molecule has 3 heterocycles. The first-order valence-electron chi connectivity index (χ1n) is 7.18. The van der Waals surface area contributed by atoms with Crippen LogP contribution in [-0.4, -0.2) is 53.7 Å². The smallest absolute Gasteiger partial charge is 0.323 e. The minimum atomic E-state index is -0.0526. The Hall–Kier alpha value is -1.14. The lowest BCUT2D eigenvalue weighted by Crippen LogP contribution is -2.56. The average molecular weight is 295 g/mol. The van der Waals surface area contributed by atoms with Gasteiger partial charge in [0.15, 0.2) is 5.13 Å². The summed E-state index contributed by atoms with van der Waals surface area (Å²) in [6.45, 7) is 8.91. The Morgan fingerprint density at radius 2 is 2.20 bits per heavy atom. The number of ether oxygens (including phenoxy) is 1. The fourth-order valence-electron chi connectivity index (χ4n) is 3.06. The van der Waals surface area contributed by atoms with Crippen LogP contribution < -0.4 is 4.90 Å². The number of hydrogen-bond acceptors (Lipinski definition) is 6. The topological polar surface area (TPSA) is 45.7 Å². The molecule has 20 heavy (non-hydrogen) atoms. The van der Waals surface area contributed by atoms with E-state index in [0.717, 1.165) is 36.9 Å². The molecule has 3 unspecified atom stereocenters. The highest BCUT2D eigenvalue weighted by Crippen LogP contribution is 2.27. The van der Waals surface area contributed by atoms with Gasteiger partial charge >= 0.3 is 5.97 Å². The van der Waals surface area contributed by atoms with Crippen molar-refractivity contribution in [1.82, 2.24) is 9.88 Å². The molecule has 0 saturated carbocycles. The molecule has 1 aromatic rings. The van der Waals surface area contributed by atoms with Crippen LogP contribution in [0.5, 0.6) is 0 Å². The lowest BCUT2D eigenvalue weighted by molar-refractivity contribution is -0.145. The van der Waals surface area contributed by atoms with E-state index in [4.69, 9.17) is 4.74 Å². The Kier molecular flexibility index (Phi) is 3.69. The lowest BCUT2D eigenvalue weighted by atomic mass is 10.1. The summed E-state index contributed by atoms with van der Waals surface area (Å²) in [6.07, 6.45) is 0.879. The van der Waals surface area contributed by atoms with Crippen LogP contribution in [0.3, 0.4) is 0 Å². The normalized spacial score (nSPS) is 31.6. The van der Waals surface area contributed by atoms with Gasteiger partial charge in [-0.2, -0.15) is 0 Å². The number of esters is 1. The van der Waals surface area contributed by atoms with Crippen molar-refractivity contribution in [3.63, 3.8) is 0 Å². The maximum absolute atomic E-state index is 11.9. The average Bonchev–Trinajstić information content (AvgIpc) is 2.95. The van der Waals surface area contributed by atoms with Crippen molar-refractivity contribution in [2.45, 2.75) is 45.4 Å². The van der Waals surface area contributed by atoms with E-state index in [1.165, 1.54) is 0 Å². The van der Waals surface area contributed by atoms with Gasteiger partial charge in [0.05, 0.1) is 5.69 Å². The van der Waals surface area contributed by atoms with Gasteiger partial charge in [0.2, 0.25) is 0 Å². The van der Waals surface area contributed by atoms with Crippen molar-refractivity contribution in [1.29, 1.82) is 0 Å². The van der Waals surface area contributed by atoms with Gasteiger partial charge in [-0.05, 0) is 20.8 Å². The Morgan fingerprint density at radius 3 is 2.75 bits per heavy atom. The lowest BCUT2D eigenvalue weighted by Gasteiger charge is -2.41. The molecular weight excluding hydrogens is 274 g/mol. The maximum Gasteiger partial charge on any atom is 0.323 e. The van der Waals surface area contributed by atoms with Gasteiger partial charge in [-0.1, -0.05) is 0 Å². The first-order valence-corrected chi connectivity index (χ1v) is 8.06. The quantitative estimate of drug-likeness (QED) is 0.777. The summed E-state index contributed by atoms with van der Waals surface area (Å²) in [5.41, 5.74) is 1.08. The number of piperazine rings is 1. The number of aromatic nitrogens is 1.